The van der Waals surface area contributed by atoms with Crippen molar-refractivity contribution in [1.82, 2.24) is 24.8 Å². The van der Waals surface area contributed by atoms with Crippen LogP contribution in [0.25, 0.3) is 11.4 Å². The number of likely N-dealkylation sites (N-methyl/N-ethyl adjacent to an activating group) is 1. The van der Waals surface area contributed by atoms with Crippen LogP contribution in [0.4, 0.5) is 17.7 Å². The lowest BCUT2D eigenvalue weighted by Crippen LogP contribution is -2.45. The summed E-state index contributed by atoms with van der Waals surface area (Å²) in [6.07, 6.45) is 1.88. The molecule has 0 atom stereocenters. The van der Waals surface area contributed by atoms with E-state index in [0.717, 1.165) is 81.2 Å². The Balaban J connectivity index is 1.52. The van der Waals surface area contributed by atoms with Crippen LogP contribution in [0.5, 0.6) is 0 Å². The summed E-state index contributed by atoms with van der Waals surface area (Å²) >= 11 is 0. The fourth-order valence-corrected chi connectivity index (χ4v) is 4.39. The van der Waals surface area contributed by atoms with Gasteiger partial charge in [-0.3, -0.25) is 0 Å². The van der Waals surface area contributed by atoms with Crippen LogP contribution in [0.1, 0.15) is 5.56 Å². The number of piperazine rings is 1. The molecular weight excluding hydrogens is 408 g/mol. The van der Waals surface area contributed by atoms with Gasteiger partial charge in [-0.2, -0.15) is 15.0 Å². The molecule has 2 aromatic heterocycles. The Morgan fingerprint density at radius 3 is 1.84 bits per heavy atom. The third-order valence-corrected chi connectivity index (χ3v) is 6.42. The molecule has 3 fully saturated rings. The summed E-state index contributed by atoms with van der Waals surface area (Å²) in [7, 11) is 2.17. The fourth-order valence-electron chi connectivity index (χ4n) is 4.39. The number of morpholine rings is 2. The second-order valence-electron chi connectivity index (χ2n) is 8.56. The summed E-state index contributed by atoms with van der Waals surface area (Å²) < 4.78 is 11.1. The van der Waals surface area contributed by atoms with Crippen LogP contribution in [0.2, 0.25) is 0 Å². The van der Waals surface area contributed by atoms with E-state index in [9.17, 15) is 0 Å². The van der Waals surface area contributed by atoms with E-state index in [1.807, 2.05) is 12.3 Å². The molecule has 0 N–H and O–H groups in total. The number of rotatable bonds is 4. The van der Waals surface area contributed by atoms with Gasteiger partial charge >= 0.3 is 0 Å². The predicted octanol–water partition coefficient (Wildman–Crippen LogP) is 0.667. The highest BCUT2D eigenvalue weighted by atomic mass is 16.5. The minimum absolute atomic E-state index is 0.690. The number of ether oxygens (including phenoxy) is 2. The monoisotopic (exact) mass is 440 g/mol. The minimum atomic E-state index is 0.690. The van der Waals surface area contributed by atoms with Crippen LogP contribution in [0, 0.1) is 6.92 Å². The predicted molar refractivity (Wildman–Crippen MR) is 124 cm³/mol. The van der Waals surface area contributed by atoms with Crippen molar-refractivity contribution in [2.75, 3.05) is 101 Å². The van der Waals surface area contributed by atoms with E-state index in [4.69, 9.17) is 29.4 Å². The zero-order chi connectivity index (χ0) is 21.9. The Hall–Kier alpha value is -2.56. The van der Waals surface area contributed by atoms with Crippen molar-refractivity contribution in [1.29, 1.82) is 0 Å². The largest absolute Gasteiger partial charge is 0.378 e. The van der Waals surface area contributed by atoms with Gasteiger partial charge in [0, 0.05) is 69.7 Å². The summed E-state index contributed by atoms with van der Waals surface area (Å²) in [4.78, 5) is 28.5. The molecule has 5 heterocycles. The number of hydrogen-bond donors (Lipinski definition) is 0. The van der Waals surface area contributed by atoms with Crippen LogP contribution in [0.3, 0.4) is 0 Å². The molecule has 0 spiro atoms. The Morgan fingerprint density at radius 2 is 1.28 bits per heavy atom. The van der Waals surface area contributed by atoms with Crippen molar-refractivity contribution < 1.29 is 9.47 Å². The summed E-state index contributed by atoms with van der Waals surface area (Å²) in [6, 6.07) is 2.02. The molecule has 3 aliphatic rings. The lowest BCUT2D eigenvalue weighted by molar-refractivity contribution is 0.121. The van der Waals surface area contributed by atoms with Crippen molar-refractivity contribution in [2.24, 2.45) is 0 Å². The highest BCUT2D eigenvalue weighted by Crippen LogP contribution is 2.29. The summed E-state index contributed by atoms with van der Waals surface area (Å²) in [6.45, 7) is 12.1. The average Bonchev–Trinajstić information content (AvgIpc) is 2.86. The van der Waals surface area contributed by atoms with Gasteiger partial charge < -0.3 is 29.1 Å². The van der Waals surface area contributed by atoms with Gasteiger partial charge in [-0.1, -0.05) is 0 Å². The molecule has 0 bridgehead atoms. The van der Waals surface area contributed by atoms with Crippen LogP contribution < -0.4 is 14.7 Å². The number of pyridine rings is 1. The maximum Gasteiger partial charge on any atom is 0.230 e. The molecular formula is C22H32N8O2. The van der Waals surface area contributed by atoms with Crippen molar-refractivity contribution in [3.8, 4) is 11.4 Å². The average molecular weight is 441 g/mol. The molecule has 10 nitrogen and oxygen atoms in total. The Morgan fingerprint density at radius 1 is 0.719 bits per heavy atom. The molecule has 10 heteroatoms. The Kier molecular flexibility index (Phi) is 6.33. The third-order valence-electron chi connectivity index (χ3n) is 6.42. The zero-order valence-corrected chi connectivity index (χ0v) is 19.0. The minimum Gasteiger partial charge on any atom is -0.378 e. The second-order valence-corrected chi connectivity index (χ2v) is 8.56. The van der Waals surface area contributed by atoms with E-state index in [-0.39, 0.29) is 0 Å². The maximum absolute atomic E-state index is 5.54. The first-order valence-corrected chi connectivity index (χ1v) is 11.5. The Bertz CT molecular complexity index is 886. The van der Waals surface area contributed by atoms with Crippen molar-refractivity contribution in [2.45, 2.75) is 6.92 Å². The first-order valence-electron chi connectivity index (χ1n) is 11.5. The van der Waals surface area contributed by atoms with Gasteiger partial charge in [-0.05, 0) is 20.0 Å². The zero-order valence-electron chi connectivity index (χ0n) is 19.0. The van der Waals surface area contributed by atoms with E-state index in [2.05, 4.69) is 33.6 Å². The number of anilines is 3. The van der Waals surface area contributed by atoms with Gasteiger partial charge in [0.25, 0.3) is 0 Å². The summed E-state index contributed by atoms with van der Waals surface area (Å²) in [5.41, 5.74) is 2.13. The molecule has 0 aromatic carbocycles. The smallest absolute Gasteiger partial charge is 0.230 e. The van der Waals surface area contributed by atoms with Gasteiger partial charge in [-0.15, -0.1) is 0 Å². The highest BCUT2D eigenvalue weighted by Gasteiger charge is 2.24. The molecule has 0 unspecified atom stereocenters. The van der Waals surface area contributed by atoms with Gasteiger partial charge in [-0.25, -0.2) is 4.98 Å². The van der Waals surface area contributed by atoms with Gasteiger partial charge in [0.1, 0.15) is 5.82 Å². The first kappa shape index (κ1) is 21.3. The molecule has 3 aliphatic heterocycles. The van der Waals surface area contributed by atoms with Gasteiger partial charge in [0.2, 0.25) is 11.9 Å². The number of nitrogens with zero attached hydrogens (tertiary/aromatic N) is 8. The highest BCUT2D eigenvalue weighted by molar-refractivity contribution is 5.68. The van der Waals surface area contributed by atoms with E-state index in [1.165, 1.54) is 0 Å². The van der Waals surface area contributed by atoms with Crippen molar-refractivity contribution >= 4 is 17.7 Å². The molecule has 0 radical (unpaired) electrons. The molecule has 0 amide bonds. The molecule has 0 aliphatic carbocycles. The third kappa shape index (κ3) is 4.48. The maximum atomic E-state index is 5.54. The van der Waals surface area contributed by atoms with Crippen molar-refractivity contribution in [3.05, 3.63) is 17.8 Å². The van der Waals surface area contributed by atoms with Gasteiger partial charge in [0.15, 0.2) is 5.82 Å². The molecule has 32 heavy (non-hydrogen) atoms. The molecule has 2 aromatic rings. The van der Waals surface area contributed by atoms with E-state index < -0.39 is 0 Å². The quantitative estimate of drug-likeness (QED) is 0.676. The van der Waals surface area contributed by atoms with E-state index in [0.29, 0.717) is 32.3 Å². The van der Waals surface area contributed by atoms with Crippen LogP contribution in [-0.4, -0.2) is 111 Å². The SMILES string of the molecule is Cc1c(-c2nc(N3CCOCC3)nc(N3CCOCC3)n2)ccnc1N1CCN(C)CC1. The number of hydrogen-bond acceptors (Lipinski definition) is 10. The first-order chi connectivity index (χ1) is 15.7. The Labute approximate surface area is 189 Å². The van der Waals surface area contributed by atoms with Crippen LogP contribution >= 0.6 is 0 Å². The van der Waals surface area contributed by atoms with Crippen LogP contribution in [0.15, 0.2) is 12.3 Å². The van der Waals surface area contributed by atoms with Gasteiger partial charge in [0.05, 0.1) is 26.4 Å². The molecule has 5 rings (SSSR count). The molecule has 172 valence electrons. The normalized spacial score (nSPS) is 20.6. The van der Waals surface area contributed by atoms with E-state index in [1.54, 1.807) is 0 Å². The fraction of sp³-hybridized carbons (Fsp3) is 0.636. The number of aromatic nitrogens is 4. The lowest BCUT2D eigenvalue weighted by Gasteiger charge is -2.34. The summed E-state index contributed by atoms with van der Waals surface area (Å²) in [5.74, 6) is 3.17. The topological polar surface area (TPSA) is 83.0 Å². The summed E-state index contributed by atoms with van der Waals surface area (Å²) in [5, 5.41) is 0. The van der Waals surface area contributed by atoms with E-state index >= 15 is 0 Å². The van der Waals surface area contributed by atoms with Crippen LogP contribution in [-0.2, 0) is 9.47 Å². The molecule has 0 saturated carbocycles. The van der Waals surface area contributed by atoms with Crippen molar-refractivity contribution in [3.63, 3.8) is 0 Å². The standard InChI is InChI=1S/C22H32N8O2/c1-17-18(3-4-23-20(17)28-7-5-27(2)6-8-28)19-24-21(29-9-13-31-14-10-29)26-22(25-19)30-11-15-32-16-12-30/h3-4H,5-16H2,1-2H3. The molecule has 3 saturated heterocycles. The lowest BCUT2D eigenvalue weighted by atomic mass is 10.1. The second kappa shape index (κ2) is 9.51.